The molecule has 0 radical (unpaired) electrons. The highest BCUT2D eigenvalue weighted by Gasteiger charge is 2.47. The molecule has 3 heterocycles. The molecule has 31 heavy (non-hydrogen) atoms. The third kappa shape index (κ3) is 4.46. The zero-order valence-electron chi connectivity index (χ0n) is 20.3. The predicted molar refractivity (Wildman–Crippen MR) is 124 cm³/mol. The van der Waals surface area contributed by atoms with Gasteiger partial charge in [-0.1, -0.05) is 55.0 Å². The van der Waals surface area contributed by atoms with Gasteiger partial charge in [-0.05, 0) is 18.1 Å². The molecule has 2 aromatic heterocycles. The first-order valence-electron chi connectivity index (χ1n) is 10.9. The second kappa shape index (κ2) is 7.81. The van der Waals surface area contributed by atoms with E-state index in [4.69, 9.17) is 9.16 Å². The Balaban J connectivity index is 1.99. The minimum atomic E-state index is -2.05. The molecule has 170 valence electrons. The lowest BCUT2D eigenvalue weighted by molar-refractivity contribution is -0.125. The van der Waals surface area contributed by atoms with Crippen LogP contribution in [-0.4, -0.2) is 39.7 Å². The van der Waals surface area contributed by atoms with Crippen molar-refractivity contribution < 1.29 is 14.0 Å². The summed E-state index contributed by atoms with van der Waals surface area (Å²) in [6.07, 6.45) is 2.81. The highest BCUT2D eigenvalue weighted by molar-refractivity contribution is 6.74. The smallest absolute Gasteiger partial charge is 0.203 e. The molecule has 0 amide bonds. The standard InChI is InChI=1S/C23H36N4O3Si/c1-14-15(2)29-21(19(14)30-31(9,10)23(6,7)8)27-13-26-18-16(24-12-25-20(18)27)11-17(28)22(3,4)5/h12-14,19,21H,2,11H2,1,3-10H3/t14-,19-,21-/m1/s1. The average Bonchev–Trinajstić information content (AvgIpc) is 3.17. The van der Waals surface area contributed by atoms with Gasteiger partial charge < -0.3 is 9.16 Å². The Morgan fingerprint density at radius 3 is 2.42 bits per heavy atom. The van der Waals surface area contributed by atoms with Crippen LogP contribution >= 0.6 is 0 Å². The highest BCUT2D eigenvalue weighted by atomic mass is 28.4. The molecule has 1 saturated heterocycles. The number of hydrogen-bond acceptors (Lipinski definition) is 6. The lowest BCUT2D eigenvalue weighted by Gasteiger charge is -2.40. The number of ketones is 1. The van der Waals surface area contributed by atoms with Gasteiger partial charge in [-0.3, -0.25) is 9.36 Å². The maximum absolute atomic E-state index is 12.6. The summed E-state index contributed by atoms with van der Waals surface area (Å²) in [5.41, 5.74) is 1.46. The molecule has 2 aromatic rings. The van der Waals surface area contributed by atoms with Crippen LogP contribution in [0.4, 0.5) is 0 Å². The first kappa shape index (κ1) is 23.6. The summed E-state index contributed by atoms with van der Waals surface area (Å²) in [5.74, 6) is 0.855. The molecule has 7 nitrogen and oxygen atoms in total. The van der Waals surface area contributed by atoms with E-state index in [9.17, 15) is 4.79 Å². The molecule has 0 saturated carbocycles. The summed E-state index contributed by atoms with van der Waals surface area (Å²) in [6.45, 7) is 23.1. The van der Waals surface area contributed by atoms with Gasteiger partial charge in [0.05, 0.1) is 17.9 Å². The van der Waals surface area contributed by atoms with E-state index in [2.05, 4.69) is 62.3 Å². The lowest BCUT2D eigenvalue weighted by Crippen LogP contribution is -2.46. The fourth-order valence-corrected chi connectivity index (χ4v) is 4.64. The Labute approximate surface area is 186 Å². The van der Waals surface area contributed by atoms with Crippen LogP contribution in [0.5, 0.6) is 0 Å². The van der Waals surface area contributed by atoms with Gasteiger partial charge in [0.25, 0.3) is 0 Å². The van der Waals surface area contributed by atoms with Crippen LogP contribution in [0.15, 0.2) is 25.0 Å². The predicted octanol–water partition coefficient (Wildman–Crippen LogP) is 5.05. The van der Waals surface area contributed by atoms with E-state index in [-0.39, 0.29) is 29.3 Å². The lowest BCUT2D eigenvalue weighted by atomic mass is 9.88. The molecule has 0 unspecified atom stereocenters. The molecule has 0 aromatic carbocycles. The highest BCUT2D eigenvalue weighted by Crippen LogP contribution is 2.45. The number of carbonyl (C=O) groups excluding carboxylic acids is 1. The van der Waals surface area contributed by atoms with E-state index >= 15 is 0 Å². The molecular weight excluding hydrogens is 408 g/mol. The average molecular weight is 445 g/mol. The second-order valence-corrected chi connectivity index (χ2v) is 15.9. The number of fused-ring (bicyclic) bond motifs is 1. The van der Waals surface area contributed by atoms with Crippen LogP contribution in [0.2, 0.25) is 18.1 Å². The summed E-state index contributed by atoms with van der Waals surface area (Å²) >= 11 is 0. The van der Waals surface area contributed by atoms with E-state index < -0.39 is 20.0 Å². The van der Waals surface area contributed by atoms with Crippen molar-refractivity contribution in [3.05, 3.63) is 30.7 Å². The Kier molecular flexibility index (Phi) is 5.95. The summed E-state index contributed by atoms with van der Waals surface area (Å²) in [5, 5.41) is 0.0703. The maximum atomic E-state index is 12.6. The van der Waals surface area contributed by atoms with Crippen molar-refractivity contribution in [3.8, 4) is 0 Å². The van der Waals surface area contributed by atoms with Crippen molar-refractivity contribution in [1.82, 2.24) is 19.5 Å². The molecule has 0 aliphatic carbocycles. The molecule has 0 spiro atoms. The maximum Gasteiger partial charge on any atom is 0.203 e. The molecule has 1 aliphatic heterocycles. The minimum Gasteiger partial charge on any atom is -0.472 e. The normalized spacial score (nSPS) is 22.7. The number of nitrogens with zero attached hydrogens (tertiary/aromatic N) is 4. The topological polar surface area (TPSA) is 79.1 Å². The first-order chi connectivity index (χ1) is 14.1. The second-order valence-electron chi connectivity index (χ2n) is 11.1. The van der Waals surface area contributed by atoms with Crippen molar-refractivity contribution in [2.75, 3.05) is 0 Å². The van der Waals surface area contributed by atoms with Gasteiger partial charge in [0, 0.05) is 11.3 Å². The Morgan fingerprint density at radius 1 is 1.19 bits per heavy atom. The van der Waals surface area contributed by atoms with Gasteiger partial charge in [-0.15, -0.1) is 0 Å². The number of aromatic nitrogens is 4. The van der Waals surface area contributed by atoms with E-state index in [1.807, 2.05) is 25.3 Å². The first-order valence-corrected chi connectivity index (χ1v) is 13.8. The van der Waals surface area contributed by atoms with Gasteiger partial charge >= 0.3 is 0 Å². The van der Waals surface area contributed by atoms with Crippen molar-refractivity contribution in [3.63, 3.8) is 0 Å². The van der Waals surface area contributed by atoms with Crippen molar-refractivity contribution in [1.29, 1.82) is 0 Å². The van der Waals surface area contributed by atoms with Gasteiger partial charge in [0.1, 0.15) is 30.1 Å². The Hall–Kier alpha value is -2.06. The van der Waals surface area contributed by atoms with Crippen LogP contribution < -0.4 is 0 Å². The van der Waals surface area contributed by atoms with E-state index in [1.165, 1.54) is 6.33 Å². The number of ether oxygens (including phenoxy) is 1. The van der Waals surface area contributed by atoms with Gasteiger partial charge in [0.15, 0.2) is 14.0 Å². The summed E-state index contributed by atoms with van der Waals surface area (Å²) < 4.78 is 14.8. The Morgan fingerprint density at radius 2 is 1.84 bits per heavy atom. The number of carbonyl (C=O) groups is 1. The van der Waals surface area contributed by atoms with Gasteiger partial charge in [0.2, 0.25) is 6.23 Å². The molecule has 1 fully saturated rings. The fourth-order valence-electron chi connectivity index (χ4n) is 3.29. The molecular formula is C23H36N4O3Si. The zero-order valence-corrected chi connectivity index (χ0v) is 21.3. The van der Waals surface area contributed by atoms with Crippen LogP contribution in [0.25, 0.3) is 11.2 Å². The monoisotopic (exact) mass is 444 g/mol. The van der Waals surface area contributed by atoms with E-state index in [0.29, 0.717) is 22.6 Å². The summed E-state index contributed by atoms with van der Waals surface area (Å²) in [7, 11) is -2.05. The zero-order chi connectivity index (χ0) is 23.4. The minimum absolute atomic E-state index is 0.0420. The summed E-state index contributed by atoms with van der Waals surface area (Å²) in [4.78, 5) is 26.0. The molecule has 0 bridgehead atoms. The quantitative estimate of drug-likeness (QED) is 0.600. The third-order valence-corrected chi connectivity index (χ3v) is 11.1. The van der Waals surface area contributed by atoms with Crippen LogP contribution in [0.3, 0.4) is 0 Å². The van der Waals surface area contributed by atoms with Crippen molar-refractivity contribution in [2.45, 2.75) is 85.4 Å². The largest absolute Gasteiger partial charge is 0.472 e. The van der Waals surface area contributed by atoms with Crippen LogP contribution in [0.1, 0.15) is 60.4 Å². The molecule has 1 aliphatic rings. The third-order valence-electron chi connectivity index (χ3n) is 6.66. The van der Waals surface area contributed by atoms with Crippen LogP contribution in [-0.2, 0) is 20.4 Å². The number of Topliss-reactive ketones (excluding diaryl/α,β-unsaturated/α-hetero) is 1. The van der Waals surface area contributed by atoms with E-state index in [1.54, 1.807) is 6.33 Å². The number of hydrogen-bond donors (Lipinski definition) is 0. The summed E-state index contributed by atoms with van der Waals surface area (Å²) in [6, 6.07) is 0. The van der Waals surface area contributed by atoms with Gasteiger partial charge in [-0.25, -0.2) is 15.0 Å². The van der Waals surface area contributed by atoms with Crippen molar-refractivity contribution in [2.24, 2.45) is 11.3 Å². The van der Waals surface area contributed by atoms with Gasteiger partial charge in [-0.2, -0.15) is 0 Å². The Bertz CT molecular complexity index is 1000. The van der Waals surface area contributed by atoms with E-state index in [0.717, 1.165) is 0 Å². The van der Waals surface area contributed by atoms with Crippen LogP contribution in [0, 0.1) is 11.3 Å². The molecule has 3 rings (SSSR count). The molecule has 3 atom stereocenters. The number of imidazole rings is 1. The van der Waals surface area contributed by atoms with Crippen molar-refractivity contribution >= 4 is 25.3 Å². The molecule has 0 N–H and O–H groups in total. The molecule has 8 heteroatoms. The number of rotatable bonds is 5. The SMILES string of the molecule is C=C1O[C@@H](n2cnc3c(CC(=O)C(C)(C)C)ncnc32)[C@H](O[Si](C)(C)C(C)(C)C)[C@@H]1C. The fraction of sp³-hybridized carbons (Fsp3) is 0.652.